The summed E-state index contributed by atoms with van der Waals surface area (Å²) in [5.41, 5.74) is 1.24. The average Bonchev–Trinajstić information content (AvgIpc) is 2.99. The molecule has 0 aliphatic rings. The highest BCUT2D eigenvalue weighted by molar-refractivity contribution is 7.92. The second-order valence-corrected chi connectivity index (χ2v) is 14.0. The number of anilines is 1. The van der Waals surface area contributed by atoms with Crippen LogP contribution in [0.4, 0.5) is 5.69 Å². The van der Waals surface area contributed by atoms with Crippen molar-refractivity contribution in [2.75, 3.05) is 10.8 Å². The Morgan fingerprint density at radius 2 is 1.38 bits per heavy atom. The molecule has 0 aliphatic carbocycles. The number of nitrogens with one attached hydrogen (secondary N) is 1. The van der Waals surface area contributed by atoms with Gasteiger partial charge in [0.15, 0.2) is 0 Å². The first-order valence-corrected chi connectivity index (χ1v) is 16.9. The van der Waals surface area contributed by atoms with Crippen molar-refractivity contribution in [3.05, 3.63) is 128 Å². The lowest BCUT2D eigenvalue weighted by atomic mass is 10.0. The smallest absolute Gasteiger partial charge is 0.264 e. The van der Waals surface area contributed by atoms with Gasteiger partial charge in [0.2, 0.25) is 11.8 Å². The molecule has 0 radical (unpaired) electrons. The van der Waals surface area contributed by atoms with Crippen molar-refractivity contribution in [1.29, 1.82) is 0 Å². The predicted molar refractivity (Wildman–Crippen MR) is 182 cm³/mol. The van der Waals surface area contributed by atoms with E-state index in [2.05, 4.69) is 5.32 Å². The highest BCUT2D eigenvalue weighted by Gasteiger charge is 2.36. The number of benzene rings is 4. The van der Waals surface area contributed by atoms with E-state index in [1.165, 1.54) is 35.2 Å². The first kappa shape index (κ1) is 34.6. The maximum Gasteiger partial charge on any atom is 0.264 e. The normalized spacial score (nSPS) is 12.1. The van der Waals surface area contributed by atoms with Crippen LogP contribution in [0.2, 0.25) is 20.1 Å². The third kappa shape index (κ3) is 8.71. The number of rotatable bonds is 12. The summed E-state index contributed by atoms with van der Waals surface area (Å²) in [6, 6.07) is 24.8. The number of carbonyl (C=O) groups is 2. The summed E-state index contributed by atoms with van der Waals surface area (Å²) in [5, 5.41) is 3.79. The third-order valence-electron chi connectivity index (χ3n) is 6.88. The van der Waals surface area contributed by atoms with Gasteiger partial charge >= 0.3 is 0 Å². The molecule has 0 saturated heterocycles. The Labute approximate surface area is 283 Å². The zero-order chi connectivity index (χ0) is 32.7. The number of hydrogen-bond donors (Lipinski definition) is 1. The first-order valence-electron chi connectivity index (χ1n) is 14.0. The molecule has 4 aromatic carbocycles. The van der Waals surface area contributed by atoms with E-state index in [0.717, 1.165) is 9.87 Å². The number of nitrogens with zero attached hydrogens (tertiary/aromatic N) is 2. The van der Waals surface area contributed by atoms with Crippen LogP contribution in [0.25, 0.3) is 0 Å². The Hall–Kier alpha value is -3.27. The molecule has 0 saturated carbocycles. The molecule has 1 N–H and O–H groups in total. The van der Waals surface area contributed by atoms with Gasteiger partial charge in [-0.2, -0.15) is 0 Å². The van der Waals surface area contributed by atoms with E-state index >= 15 is 0 Å². The Kier molecular flexibility index (Phi) is 11.8. The predicted octanol–water partition coefficient (Wildman–Crippen LogP) is 7.66. The van der Waals surface area contributed by atoms with E-state index in [4.69, 9.17) is 46.4 Å². The lowest BCUT2D eigenvalue weighted by Crippen LogP contribution is -2.54. The van der Waals surface area contributed by atoms with Crippen molar-refractivity contribution in [3.8, 4) is 0 Å². The van der Waals surface area contributed by atoms with Crippen LogP contribution in [-0.4, -0.2) is 43.8 Å². The summed E-state index contributed by atoms with van der Waals surface area (Å²) < 4.78 is 29.1. The highest BCUT2D eigenvalue weighted by Crippen LogP contribution is 2.34. The van der Waals surface area contributed by atoms with E-state index in [1.54, 1.807) is 36.4 Å². The van der Waals surface area contributed by atoms with Gasteiger partial charge in [0, 0.05) is 39.6 Å². The van der Waals surface area contributed by atoms with Gasteiger partial charge in [-0.1, -0.05) is 101 Å². The van der Waals surface area contributed by atoms with E-state index < -0.39 is 34.4 Å². The number of amides is 2. The van der Waals surface area contributed by atoms with Crippen molar-refractivity contribution in [3.63, 3.8) is 0 Å². The van der Waals surface area contributed by atoms with Crippen LogP contribution >= 0.6 is 46.4 Å². The maximum atomic E-state index is 14.5. The topological polar surface area (TPSA) is 86.8 Å². The van der Waals surface area contributed by atoms with Crippen LogP contribution in [0.3, 0.4) is 0 Å². The minimum atomic E-state index is -4.33. The van der Waals surface area contributed by atoms with E-state index in [1.807, 2.05) is 44.2 Å². The Morgan fingerprint density at radius 1 is 0.778 bits per heavy atom. The second kappa shape index (κ2) is 15.3. The largest absolute Gasteiger partial charge is 0.352 e. The minimum absolute atomic E-state index is 0.0221. The summed E-state index contributed by atoms with van der Waals surface area (Å²) in [5.74, 6) is -1.11. The summed E-state index contributed by atoms with van der Waals surface area (Å²) in [7, 11) is -4.33. The van der Waals surface area contributed by atoms with E-state index in [0.29, 0.717) is 5.56 Å². The molecule has 0 bridgehead atoms. The molecule has 4 aromatic rings. The standard InChI is InChI=1S/C33H31Cl4N3O4S/c1-22(2)38-33(42)31(18-23-10-5-3-6-11-23)39(20-26-27(35)14-9-15-28(26)36)32(41)21-40(30-17-16-24(34)19-29(30)37)45(43,44)25-12-7-4-8-13-25/h3-17,19,22,31H,18,20-21H2,1-2H3,(H,38,42). The van der Waals surface area contributed by atoms with Gasteiger partial charge in [-0.05, 0) is 61.9 Å². The zero-order valence-electron chi connectivity index (χ0n) is 24.5. The van der Waals surface area contributed by atoms with Crippen LogP contribution in [0.1, 0.15) is 25.0 Å². The fraction of sp³-hybridized carbons (Fsp3) is 0.212. The molecule has 45 heavy (non-hydrogen) atoms. The van der Waals surface area contributed by atoms with Crippen LogP contribution in [0.5, 0.6) is 0 Å². The SMILES string of the molecule is CC(C)NC(=O)C(Cc1ccccc1)N(Cc1c(Cl)cccc1Cl)C(=O)CN(c1ccc(Cl)cc1Cl)S(=O)(=O)c1ccccc1. The Balaban J connectivity index is 1.86. The molecule has 1 unspecified atom stereocenters. The van der Waals surface area contributed by atoms with Crippen molar-refractivity contribution < 1.29 is 18.0 Å². The third-order valence-corrected chi connectivity index (χ3v) is 9.90. The molecule has 1 atom stereocenters. The number of sulfonamides is 1. The molecule has 0 aromatic heterocycles. The summed E-state index contributed by atoms with van der Waals surface area (Å²) in [6.45, 7) is 2.76. The maximum absolute atomic E-state index is 14.5. The average molecular weight is 708 g/mol. The lowest BCUT2D eigenvalue weighted by molar-refractivity contribution is -0.140. The van der Waals surface area contributed by atoms with Gasteiger partial charge < -0.3 is 10.2 Å². The molecule has 7 nitrogen and oxygen atoms in total. The fourth-order valence-corrected chi connectivity index (χ4v) is 7.24. The van der Waals surface area contributed by atoms with Crippen LogP contribution < -0.4 is 9.62 Å². The van der Waals surface area contributed by atoms with Gasteiger partial charge in [-0.15, -0.1) is 0 Å². The summed E-state index contributed by atoms with van der Waals surface area (Å²) in [6.07, 6.45) is 0.139. The van der Waals surface area contributed by atoms with Crippen molar-refractivity contribution in [1.82, 2.24) is 10.2 Å². The minimum Gasteiger partial charge on any atom is -0.352 e. The molecular weight excluding hydrogens is 676 g/mol. The number of hydrogen-bond acceptors (Lipinski definition) is 4. The molecule has 2 amide bonds. The number of halogens is 4. The van der Waals surface area contributed by atoms with E-state index in [9.17, 15) is 18.0 Å². The monoisotopic (exact) mass is 705 g/mol. The molecule has 0 spiro atoms. The second-order valence-electron chi connectivity index (χ2n) is 10.5. The number of carbonyl (C=O) groups excluding carboxylic acids is 2. The molecule has 236 valence electrons. The fourth-order valence-electron chi connectivity index (χ4n) is 4.70. The van der Waals surface area contributed by atoms with Crippen molar-refractivity contribution in [2.24, 2.45) is 0 Å². The molecule has 0 fully saturated rings. The van der Waals surface area contributed by atoms with Gasteiger partial charge in [0.1, 0.15) is 12.6 Å². The van der Waals surface area contributed by atoms with Gasteiger partial charge in [0.25, 0.3) is 10.0 Å². The molecule has 0 aliphatic heterocycles. The van der Waals surface area contributed by atoms with Gasteiger partial charge in [0.05, 0.1) is 15.6 Å². The molecular formula is C33H31Cl4N3O4S. The van der Waals surface area contributed by atoms with E-state index in [-0.39, 0.29) is 49.7 Å². The van der Waals surface area contributed by atoms with Crippen molar-refractivity contribution in [2.45, 2.75) is 43.8 Å². The van der Waals surface area contributed by atoms with Crippen LogP contribution in [-0.2, 0) is 32.6 Å². The summed E-state index contributed by atoms with van der Waals surface area (Å²) >= 11 is 25.7. The first-order chi connectivity index (χ1) is 21.4. The zero-order valence-corrected chi connectivity index (χ0v) is 28.3. The highest BCUT2D eigenvalue weighted by atomic mass is 35.5. The van der Waals surface area contributed by atoms with Gasteiger partial charge in [-0.25, -0.2) is 8.42 Å². The quantitative estimate of drug-likeness (QED) is 0.164. The Bertz CT molecular complexity index is 1740. The van der Waals surface area contributed by atoms with Gasteiger partial charge in [-0.3, -0.25) is 13.9 Å². The van der Waals surface area contributed by atoms with Crippen LogP contribution in [0.15, 0.2) is 102 Å². The van der Waals surface area contributed by atoms with Crippen molar-refractivity contribution >= 4 is 73.9 Å². The summed E-state index contributed by atoms with van der Waals surface area (Å²) in [4.78, 5) is 29.6. The van der Waals surface area contributed by atoms with Crippen LogP contribution in [0, 0.1) is 0 Å². The Morgan fingerprint density at radius 3 is 1.96 bits per heavy atom. The lowest BCUT2D eigenvalue weighted by Gasteiger charge is -2.34. The molecule has 12 heteroatoms. The molecule has 0 heterocycles. The molecule has 4 rings (SSSR count).